The molecule has 1 heteroatoms. The Morgan fingerprint density at radius 3 is 2.44 bits per heavy atom. The van der Waals surface area contributed by atoms with Crippen molar-refractivity contribution in [3.63, 3.8) is 0 Å². The Bertz CT molecular complexity index is 321. The molecule has 3 rings (SSSR count). The van der Waals surface area contributed by atoms with Crippen molar-refractivity contribution in [3.05, 3.63) is 0 Å². The van der Waals surface area contributed by atoms with Gasteiger partial charge in [0.25, 0.3) is 0 Å². The Labute approximate surface area is 99.6 Å². The van der Waals surface area contributed by atoms with E-state index in [1.807, 2.05) is 0 Å². The fourth-order valence-corrected chi connectivity index (χ4v) is 5.17. The van der Waals surface area contributed by atoms with Crippen LogP contribution in [-0.2, 0) is 0 Å². The Morgan fingerprint density at radius 1 is 1.06 bits per heavy atom. The Kier molecular flexibility index (Phi) is 1.98. The normalized spacial score (nSPS) is 58.7. The molecule has 0 unspecified atom stereocenters. The zero-order valence-corrected chi connectivity index (χ0v) is 11.2. The van der Waals surface area contributed by atoms with Crippen LogP contribution in [0.5, 0.6) is 0 Å². The standard InChI is InChI=1S/C15H26O/c1-10-5-6-12-14(4)8-11(14)7-13(2,3)9-15(10,12)16/h10-12,16H,5-9H2,1-4H3/t10-,11-,12-,14+,15+/m1/s1. The Balaban J connectivity index is 2.01. The maximum absolute atomic E-state index is 11.2. The lowest BCUT2D eigenvalue weighted by atomic mass is 9.70. The third-order valence-corrected chi connectivity index (χ3v) is 6.16. The van der Waals surface area contributed by atoms with Crippen molar-refractivity contribution in [2.24, 2.45) is 28.6 Å². The van der Waals surface area contributed by atoms with Gasteiger partial charge in [0, 0.05) is 0 Å². The summed E-state index contributed by atoms with van der Waals surface area (Å²) in [4.78, 5) is 0. The quantitative estimate of drug-likeness (QED) is 0.664. The van der Waals surface area contributed by atoms with Gasteiger partial charge in [-0.2, -0.15) is 0 Å². The lowest BCUT2D eigenvalue weighted by Crippen LogP contribution is -2.44. The molecule has 0 aromatic rings. The molecule has 0 aliphatic heterocycles. The highest BCUT2D eigenvalue weighted by atomic mass is 16.3. The number of hydrogen-bond donors (Lipinski definition) is 1. The van der Waals surface area contributed by atoms with Crippen LogP contribution in [-0.4, -0.2) is 10.7 Å². The van der Waals surface area contributed by atoms with Crippen molar-refractivity contribution in [2.45, 2.75) is 65.4 Å². The maximum Gasteiger partial charge on any atom is 0.0711 e. The van der Waals surface area contributed by atoms with Gasteiger partial charge >= 0.3 is 0 Å². The topological polar surface area (TPSA) is 20.2 Å². The van der Waals surface area contributed by atoms with E-state index in [4.69, 9.17) is 0 Å². The Morgan fingerprint density at radius 2 is 1.75 bits per heavy atom. The van der Waals surface area contributed by atoms with Crippen LogP contribution < -0.4 is 0 Å². The van der Waals surface area contributed by atoms with Crippen LogP contribution >= 0.6 is 0 Å². The predicted molar refractivity (Wildman–Crippen MR) is 66.1 cm³/mol. The molecule has 0 heterocycles. The van der Waals surface area contributed by atoms with Gasteiger partial charge in [-0.3, -0.25) is 0 Å². The minimum absolute atomic E-state index is 0.338. The van der Waals surface area contributed by atoms with Crippen LogP contribution in [0.3, 0.4) is 0 Å². The van der Waals surface area contributed by atoms with E-state index in [1.165, 1.54) is 25.7 Å². The minimum atomic E-state index is -0.358. The molecule has 5 atom stereocenters. The number of hydrogen-bond acceptors (Lipinski definition) is 1. The zero-order chi connectivity index (χ0) is 11.8. The van der Waals surface area contributed by atoms with Crippen molar-refractivity contribution in [2.75, 3.05) is 0 Å². The van der Waals surface area contributed by atoms with Crippen molar-refractivity contribution >= 4 is 0 Å². The lowest BCUT2D eigenvalue weighted by Gasteiger charge is -2.40. The van der Waals surface area contributed by atoms with E-state index in [0.717, 1.165) is 12.3 Å². The molecular weight excluding hydrogens is 196 g/mol. The van der Waals surface area contributed by atoms with E-state index in [2.05, 4.69) is 27.7 Å². The van der Waals surface area contributed by atoms with E-state index in [0.29, 0.717) is 22.7 Å². The first-order valence-corrected chi connectivity index (χ1v) is 7.00. The van der Waals surface area contributed by atoms with Crippen LogP contribution in [0.1, 0.15) is 59.8 Å². The summed E-state index contributed by atoms with van der Waals surface area (Å²) in [6, 6.07) is 0. The van der Waals surface area contributed by atoms with Gasteiger partial charge in [0.2, 0.25) is 0 Å². The van der Waals surface area contributed by atoms with Crippen LogP contribution in [0.2, 0.25) is 0 Å². The second-order valence-electron chi connectivity index (χ2n) is 7.97. The molecule has 3 saturated carbocycles. The minimum Gasteiger partial charge on any atom is -0.389 e. The van der Waals surface area contributed by atoms with Gasteiger partial charge in [0.15, 0.2) is 0 Å². The van der Waals surface area contributed by atoms with Gasteiger partial charge in [0.05, 0.1) is 5.60 Å². The van der Waals surface area contributed by atoms with Gasteiger partial charge in [-0.25, -0.2) is 0 Å². The molecule has 16 heavy (non-hydrogen) atoms. The summed E-state index contributed by atoms with van der Waals surface area (Å²) < 4.78 is 0. The lowest BCUT2D eigenvalue weighted by molar-refractivity contribution is -0.0747. The summed E-state index contributed by atoms with van der Waals surface area (Å²) in [5.41, 5.74) is 0.460. The molecule has 0 aromatic heterocycles. The maximum atomic E-state index is 11.2. The fourth-order valence-electron chi connectivity index (χ4n) is 5.17. The summed E-state index contributed by atoms with van der Waals surface area (Å²) in [5.74, 6) is 1.99. The summed E-state index contributed by atoms with van der Waals surface area (Å²) in [6.45, 7) is 9.42. The van der Waals surface area contributed by atoms with Crippen LogP contribution in [0.25, 0.3) is 0 Å². The van der Waals surface area contributed by atoms with Gasteiger partial charge in [-0.05, 0) is 60.7 Å². The molecule has 1 N–H and O–H groups in total. The van der Waals surface area contributed by atoms with Gasteiger partial charge in [0.1, 0.15) is 0 Å². The summed E-state index contributed by atoms with van der Waals surface area (Å²) in [5, 5.41) is 11.2. The summed E-state index contributed by atoms with van der Waals surface area (Å²) >= 11 is 0. The molecule has 1 nitrogen and oxygen atoms in total. The predicted octanol–water partition coefficient (Wildman–Crippen LogP) is 3.61. The molecule has 0 aromatic carbocycles. The molecule has 0 bridgehead atoms. The monoisotopic (exact) mass is 222 g/mol. The smallest absolute Gasteiger partial charge is 0.0711 e. The van der Waals surface area contributed by atoms with E-state index in [1.54, 1.807) is 0 Å². The number of aliphatic hydroxyl groups is 1. The molecule has 92 valence electrons. The second kappa shape index (κ2) is 2.85. The van der Waals surface area contributed by atoms with Crippen LogP contribution in [0, 0.1) is 28.6 Å². The molecule has 0 spiro atoms. The van der Waals surface area contributed by atoms with Crippen LogP contribution in [0.4, 0.5) is 0 Å². The molecule has 0 saturated heterocycles. The summed E-state index contributed by atoms with van der Waals surface area (Å²) in [7, 11) is 0. The highest BCUT2D eigenvalue weighted by molar-refractivity contribution is 5.16. The first-order chi connectivity index (χ1) is 7.28. The van der Waals surface area contributed by atoms with E-state index < -0.39 is 0 Å². The highest BCUT2D eigenvalue weighted by Crippen LogP contribution is 2.71. The molecule has 3 fully saturated rings. The molecule has 0 amide bonds. The first kappa shape index (κ1) is 11.1. The van der Waals surface area contributed by atoms with Gasteiger partial charge in [-0.15, -0.1) is 0 Å². The Hall–Kier alpha value is -0.0400. The molecular formula is C15H26O. The first-order valence-electron chi connectivity index (χ1n) is 7.00. The van der Waals surface area contributed by atoms with Gasteiger partial charge < -0.3 is 5.11 Å². The van der Waals surface area contributed by atoms with Crippen molar-refractivity contribution in [3.8, 4) is 0 Å². The average Bonchev–Trinajstić information content (AvgIpc) is 2.64. The zero-order valence-electron chi connectivity index (χ0n) is 11.2. The summed E-state index contributed by atoms with van der Waals surface area (Å²) in [6.07, 6.45) is 6.23. The van der Waals surface area contributed by atoms with E-state index >= 15 is 0 Å². The van der Waals surface area contributed by atoms with Crippen molar-refractivity contribution < 1.29 is 5.11 Å². The SMILES string of the molecule is C[C@@H]1CC[C@@H]2[C@@]3(C)C[C@H]3CC(C)(C)C[C@]12O. The third kappa shape index (κ3) is 1.27. The van der Waals surface area contributed by atoms with Crippen molar-refractivity contribution in [1.29, 1.82) is 0 Å². The van der Waals surface area contributed by atoms with E-state index in [9.17, 15) is 5.11 Å². The highest BCUT2D eigenvalue weighted by Gasteiger charge is 2.67. The van der Waals surface area contributed by atoms with Gasteiger partial charge in [-0.1, -0.05) is 27.7 Å². The largest absolute Gasteiger partial charge is 0.389 e. The van der Waals surface area contributed by atoms with E-state index in [-0.39, 0.29) is 5.60 Å². The number of fused-ring (bicyclic) bond motifs is 3. The van der Waals surface area contributed by atoms with Crippen molar-refractivity contribution in [1.82, 2.24) is 0 Å². The molecule has 0 radical (unpaired) electrons. The second-order valence-corrected chi connectivity index (χ2v) is 7.97. The third-order valence-electron chi connectivity index (χ3n) is 6.16. The molecule has 3 aliphatic carbocycles. The molecule has 3 aliphatic rings. The number of rotatable bonds is 0. The average molecular weight is 222 g/mol. The van der Waals surface area contributed by atoms with Crippen LogP contribution in [0.15, 0.2) is 0 Å². The fraction of sp³-hybridized carbons (Fsp3) is 1.00.